The number of ether oxygens (including phenoxy) is 4. The van der Waals surface area contributed by atoms with Gasteiger partial charge in [-0.05, 0) is 0 Å². The van der Waals surface area contributed by atoms with Crippen LogP contribution in [-0.4, -0.2) is 66.1 Å². The summed E-state index contributed by atoms with van der Waals surface area (Å²) in [6.45, 7) is 5.61. The molecule has 0 unspecified atom stereocenters. The molecule has 0 radical (unpaired) electrons. The Bertz CT molecular complexity index is 99.4. The molecule has 18 heavy (non-hydrogen) atoms. The van der Waals surface area contributed by atoms with E-state index in [1.54, 1.807) is 0 Å². The first-order valence-corrected chi connectivity index (χ1v) is 7.89. The first kappa shape index (κ1) is 16.5. The van der Waals surface area contributed by atoms with E-state index in [4.69, 9.17) is 27.3 Å². The standard InChI is InChI=1S/C10H20O6S2/c1-2-12-4-6-14-8-10-16-18-17-15-9-7-13-5-3-11-1/h1-10H2. The van der Waals surface area contributed by atoms with Crippen molar-refractivity contribution in [3.63, 3.8) is 0 Å². The Morgan fingerprint density at radius 2 is 0.667 bits per heavy atom. The monoisotopic (exact) mass is 300 g/mol. The van der Waals surface area contributed by atoms with E-state index in [0.29, 0.717) is 66.1 Å². The fourth-order valence-corrected chi connectivity index (χ4v) is 2.05. The smallest absolute Gasteiger partial charge is 0.0926 e. The Labute approximate surface area is 116 Å². The van der Waals surface area contributed by atoms with Crippen molar-refractivity contribution in [1.82, 2.24) is 0 Å². The predicted molar refractivity (Wildman–Crippen MR) is 70.4 cm³/mol. The highest BCUT2D eigenvalue weighted by Crippen LogP contribution is 2.22. The molecule has 0 aliphatic carbocycles. The number of hydrogen-bond acceptors (Lipinski definition) is 8. The SMILES string of the molecule is C1COCCOCCOSSOCCOCCO1. The van der Waals surface area contributed by atoms with Gasteiger partial charge in [0.15, 0.2) is 0 Å². The summed E-state index contributed by atoms with van der Waals surface area (Å²) in [7, 11) is 0. The van der Waals surface area contributed by atoms with E-state index in [9.17, 15) is 0 Å². The van der Waals surface area contributed by atoms with E-state index in [0.717, 1.165) is 0 Å². The van der Waals surface area contributed by atoms with E-state index in [1.165, 1.54) is 22.1 Å². The van der Waals surface area contributed by atoms with Gasteiger partial charge in [-0.1, -0.05) is 0 Å². The van der Waals surface area contributed by atoms with Crippen molar-refractivity contribution in [3.8, 4) is 0 Å². The van der Waals surface area contributed by atoms with Gasteiger partial charge < -0.3 is 27.3 Å². The summed E-state index contributed by atoms with van der Waals surface area (Å²) in [5.41, 5.74) is 0. The highest BCUT2D eigenvalue weighted by molar-refractivity contribution is 8.73. The minimum Gasteiger partial charge on any atom is -0.377 e. The van der Waals surface area contributed by atoms with Crippen LogP contribution in [0.5, 0.6) is 0 Å². The van der Waals surface area contributed by atoms with E-state index in [1.807, 2.05) is 0 Å². The van der Waals surface area contributed by atoms with Gasteiger partial charge in [-0.25, -0.2) is 0 Å². The van der Waals surface area contributed by atoms with Crippen LogP contribution in [0.3, 0.4) is 0 Å². The summed E-state index contributed by atoms with van der Waals surface area (Å²) in [6, 6.07) is 0. The summed E-state index contributed by atoms with van der Waals surface area (Å²) >= 11 is 2.40. The molecule has 1 saturated heterocycles. The second kappa shape index (κ2) is 13.9. The van der Waals surface area contributed by atoms with Crippen LogP contribution in [0.2, 0.25) is 0 Å². The predicted octanol–water partition coefficient (Wildman–Crippen LogP) is 1.31. The van der Waals surface area contributed by atoms with Crippen LogP contribution < -0.4 is 0 Å². The second-order valence-corrected chi connectivity index (χ2v) is 4.79. The quantitative estimate of drug-likeness (QED) is 0.490. The van der Waals surface area contributed by atoms with Crippen molar-refractivity contribution in [2.45, 2.75) is 0 Å². The maximum atomic E-state index is 5.32. The van der Waals surface area contributed by atoms with Gasteiger partial charge in [-0.2, -0.15) is 0 Å². The minimum atomic E-state index is 0.528. The molecule has 8 heteroatoms. The van der Waals surface area contributed by atoms with E-state index < -0.39 is 0 Å². The van der Waals surface area contributed by atoms with Crippen molar-refractivity contribution in [2.75, 3.05) is 66.1 Å². The zero-order chi connectivity index (χ0) is 12.7. The lowest BCUT2D eigenvalue weighted by Gasteiger charge is -2.08. The Morgan fingerprint density at radius 3 is 1.00 bits per heavy atom. The van der Waals surface area contributed by atoms with Crippen LogP contribution in [0.25, 0.3) is 0 Å². The molecule has 6 nitrogen and oxygen atoms in total. The number of rotatable bonds is 0. The number of hydrogen-bond donors (Lipinski definition) is 0. The molecule has 0 saturated carbocycles. The largest absolute Gasteiger partial charge is 0.377 e. The highest BCUT2D eigenvalue weighted by Gasteiger charge is 1.96. The lowest BCUT2D eigenvalue weighted by Crippen LogP contribution is -2.13. The van der Waals surface area contributed by atoms with Gasteiger partial charge in [-0.3, -0.25) is 0 Å². The zero-order valence-corrected chi connectivity index (χ0v) is 12.0. The Morgan fingerprint density at radius 1 is 0.389 bits per heavy atom. The van der Waals surface area contributed by atoms with Gasteiger partial charge in [0.25, 0.3) is 0 Å². The van der Waals surface area contributed by atoms with Crippen LogP contribution in [0.1, 0.15) is 0 Å². The molecule has 0 amide bonds. The molecule has 0 spiro atoms. The van der Waals surface area contributed by atoms with E-state index in [-0.39, 0.29) is 0 Å². The zero-order valence-electron chi connectivity index (χ0n) is 10.3. The molecule has 0 aromatic carbocycles. The van der Waals surface area contributed by atoms with E-state index >= 15 is 0 Å². The molecule has 1 fully saturated rings. The lowest BCUT2D eigenvalue weighted by atomic mass is 10.7. The van der Waals surface area contributed by atoms with E-state index in [2.05, 4.69) is 0 Å². The van der Waals surface area contributed by atoms with Gasteiger partial charge in [-0.15, -0.1) is 0 Å². The fourth-order valence-electron chi connectivity index (χ4n) is 1.06. The third-order valence-electron chi connectivity index (χ3n) is 1.86. The normalized spacial score (nSPS) is 24.0. The van der Waals surface area contributed by atoms with Crippen molar-refractivity contribution in [1.29, 1.82) is 0 Å². The molecule has 108 valence electrons. The average molecular weight is 300 g/mol. The topological polar surface area (TPSA) is 55.4 Å². The second-order valence-electron chi connectivity index (χ2n) is 3.23. The van der Waals surface area contributed by atoms with Crippen LogP contribution in [0.15, 0.2) is 0 Å². The van der Waals surface area contributed by atoms with Crippen LogP contribution in [0, 0.1) is 0 Å². The molecule has 0 aromatic heterocycles. The summed E-state index contributed by atoms with van der Waals surface area (Å²) in [6.07, 6.45) is 0. The molecule has 0 atom stereocenters. The molecule has 1 rings (SSSR count). The first-order valence-electron chi connectivity index (χ1n) is 5.89. The molecule has 0 bridgehead atoms. The molecule has 1 heterocycles. The van der Waals surface area contributed by atoms with Gasteiger partial charge in [0.05, 0.1) is 88.2 Å². The van der Waals surface area contributed by atoms with Gasteiger partial charge in [0, 0.05) is 0 Å². The van der Waals surface area contributed by atoms with Crippen molar-refractivity contribution < 1.29 is 27.3 Å². The van der Waals surface area contributed by atoms with Crippen LogP contribution in [0.4, 0.5) is 0 Å². The third-order valence-corrected chi connectivity index (χ3v) is 3.19. The summed E-state index contributed by atoms with van der Waals surface area (Å²) in [5.74, 6) is 0. The average Bonchev–Trinajstić information content (AvgIpc) is 2.39. The molecule has 1 aliphatic heterocycles. The highest BCUT2D eigenvalue weighted by atomic mass is 33.1. The maximum absolute atomic E-state index is 5.32. The lowest BCUT2D eigenvalue weighted by molar-refractivity contribution is -0.00621. The fraction of sp³-hybridized carbons (Fsp3) is 1.00. The van der Waals surface area contributed by atoms with Gasteiger partial charge in [0.2, 0.25) is 0 Å². The Kier molecular flexibility index (Phi) is 12.7. The van der Waals surface area contributed by atoms with Gasteiger partial charge in [0.1, 0.15) is 0 Å². The van der Waals surface area contributed by atoms with Crippen LogP contribution >= 0.6 is 22.1 Å². The molecule has 0 N–H and O–H groups in total. The summed E-state index contributed by atoms with van der Waals surface area (Å²) < 4.78 is 31.7. The molecular formula is C10H20O6S2. The minimum absolute atomic E-state index is 0.528. The molecular weight excluding hydrogens is 280 g/mol. The van der Waals surface area contributed by atoms with Crippen molar-refractivity contribution >= 4 is 22.1 Å². The van der Waals surface area contributed by atoms with Gasteiger partial charge >= 0.3 is 0 Å². The summed E-state index contributed by atoms with van der Waals surface area (Å²) in [5, 5.41) is 0. The summed E-state index contributed by atoms with van der Waals surface area (Å²) in [4.78, 5) is 0. The van der Waals surface area contributed by atoms with Crippen molar-refractivity contribution in [2.24, 2.45) is 0 Å². The van der Waals surface area contributed by atoms with Crippen LogP contribution in [-0.2, 0) is 27.3 Å². The molecule has 0 aromatic rings. The Balaban J connectivity index is 2.00. The molecule has 1 aliphatic rings. The Hall–Kier alpha value is 0.460. The van der Waals surface area contributed by atoms with Crippen molar-refractivity contribution in [3.05, 3.63) is 0 Å². The first-order chi connectivity index (χ1) is 9.00. The maximum Gasteiger partial charge on any atom is 0.0926 e. The third kappa shape index (κ3) is 11.5.